The van der Waals surface area contributed by atoms with Crippen molar-refractivity contribution in [3.63, 3.8) is 0 Å². The van der Waals surface area contributed by atoms with E-state index in [1.54, 1.807) is 29.7 Å². The molecule has 3 aromatic rings. The number of carbonyl (C=O) groups is 3. The van der Waals surface area contributed by atoms with Crippen molar-refractivity contribution in [2.45, 2.75) is 26.3 Å². The highest BCUT2D eigenvalue weighted by atomic mass is 32.1. The predicted molar refractivity (Wildman–Crippen MR) is 134 cm³/mol. The first-order valence-electron chi connectivity index (χ1n) is 11.8. The van der Waals surface area contributed by atoms with Gasteiger partial charge in [0.15, 0.2) is 0 Å². The Morgan fingerprint density at radius 2 is 1.86 bits per heavy atom. The third kappa shape index (κ3) is 5.97. The van der Waals surface area contributed by atoms with Crippen LogP contribution in [-0.4, -0.2) is 70.7 Å². The SMILES string of the molecule is CCOC(=O)C1CCN(C(=O)CN(C)C(=O)c2cn(Cc3ccccc3)nc2-c2cccs2)CC1. The molecule has 8 nitrogen and oxygen atoms in total. The molecule has 1 aromatic carbocycles. The van der Waals surface area contributed by atoms with E-state index in [-0.39, 0.29) is 30.2 Å². The summed E-state index contributed by atoms with van der Waals surface area (Å²) >= 11 is 1.52. The number of hydrogen-bond donors (Lipinski definition) is 0. The minimum Gasteiger partial charge on any atom is -0.466 e. The van der Waals surface area contributed by atoms with Gasteiger partial charge in [-0.3, -0.25) is 19.1 Å². The van der Waals surface area contributed by atoms with Gasteiger partial charge >= 0.3 is 5.97 Å². The zero-order valence-corrected chi connectivity index (χ0v) is 20.9. The van der Waals surface area contributed by atoms with Gasteiger partial charge in [0.2, 0.25) is 5.91 Å². The summed E-state index contributed by atoms with van der Waals surface area (Å²) in [6.45, 7) is 3.64. The average molecular weight is 495 g/mol. The molecule has 1 aliphatic heterocycles. The van der Waals surface area contributed by atoms with Gasteiger partial charge in [0.05, 0.1) is 36.1 Å². The molecule has 2 amide bonds. The van der Waals surface area contributed by atoms with E-state index in [1.807, 2.05) is 47.8 Å². The highest BCUT2D eigenvalue weighted by Crippen LogP contribution is 2.28. The Balaban J connectivity index is 1.43. The van der Waals surface area contributed by atoms with Gasteiger partial charge in [0.25, 0.3) is 5.91 Å². The summed E-state index contributed by atoms with van der Waals surface area (Å²) in [5.41, 5.74) is 2.18. The van der Waals surface area contributed by atoms with Gasteiger partial charge in [-0.2, -0.15) is 5.10 Å². The van der Waals surface area contributed by atoms with E-state index in [0.717, 1.165) is 10.4 Å². The maximum absolute atomic E-state index is 13.4. The number of benzene rings is 1. The van der Waals surface area contributed by atoms with Crippen molar-refractivity contribution >= 4 is 29.1 Å². The molecule has 1 aliphatic rings. The molecule has 0 aliphatic carbocycles. The van der Waals surface area contributed by atoms with E-state index in [0.29, 0.717) is 50.3 Å². The molecule has 0 bridgehead atoms. The average Bonchev–Trinajstić information content (AvgIpc) is 3.54. The molecule has 184 valence electrons. The lowest BCUT2D eigenvalue weighted by atomic mass is 9.97. The fourth-order valence-corrected chi connectivity index (χ4v) is 4.95. The maximum atomic E-state index is 13.4. The van der Waals surface area contributed by atoms with Crippen molar-refractivity contribution in [1.82, 2.24) is 19.6 Å². The quantitative estimate of drug-likeness (QED) is 0.447. The molecule has 0 saturated carbocycles. The Morgan fingerprint density at radius 1 is 1.11 bits per heavy atom. The minimum atomic E-state index is -0.248. The van der Waals surface area contributed by atoms with Crippen molar-refractivity contribution in [2.75, 3.05) is 33.3 Å². The minimum absolute atomic E-state index is 0.0311. The summed E-state index contributed by atoms with van der Waals surface area (Å²) in [4.78, 5) is 42.3. The van der Waals surface area contributed by atoms with Crippen LogP contribution in [0.1, 0.15) is 35.7 Å². The number of amides is 2. The van der Waals surface area contributed by atoms with E-state index in [1.165, 1.54) is 16.2 Å². The van der Waals surface area contributed by atoms with Crippen molar-refractivity contribution in [2.24, 2.45) is 5.92 Å². The summed E-state index contributed by atoms with van der Waals surface area (Å²) in [6.07, 6.45) is 2.92. The van der Waals surface area contributed by atoms with Crippen molar-refractivity contribution in [3.05, 3.63) is 65.2 Å². The van der Waals surface area contributed by atoms with E-state index >= 15 is 0 Å². The number of esters is 1. The molecule has 2 aromatic heterocycles. The van der Waals surface area contributed by atoms with Crippen LogP contribution in [0.15, 0.2) is 54.0 Å². The lowest BCUT2D eigenvalue weighted by molar-refractivity contribution is -0.151. The molecule has 0 atom stereocenters. The second kappa shape index (κ2) is 11.3. The van der Waals surface area contributed by atoms with Gasteiger partial charge in [-0.05, 0) is 36.8 Å². The first kappa shape index (κ1) is 24.7. The van der Waals surface area contributed by atoms with Crippen LogP contribution >= 0.6 is 11.3 Å². The number of likely N-dealkylation sites (N-methyl/N-ethyl adjacent to an activating group) is 1. The fourth-order valence-electron chi connectivity index (χ4n) is 4.23. The lowest BCUT2D eigenvalue weighted by Gasteiger charge is -2.32. The normalized spacial score (nSPS) is 14.1. The molecule has 4 rings (SSSR count). The zero-order chi connectivity index (χ0) is 24.8. The van der Waals surface area contributed by atoms with Crippen molar-refractivity contribution < 1.29 is 19.1 Å². The van der Waals surface area contributed by atoms with Crippen LogP contribution in [0.25, 0.3) is 10.6 Å². The number of hydrogen-bond acceptors (Lipinski definition) is 6. The van der Waals surface area contributed by atoms with Crippen LogP contribution in [0.3, 0.4) is 0 Å². The van der Waals surface area contributed by atoms with Crippen molar-refractivity contribution in [1.29, 1.82) is 0 Å². The Bertz CT molecular complexity index is 1150. The number of nitrogens with zero attached hydrogens (tertiary/aromatic N) is 4. The molecule has 3 heterocycles. The monoisotopic (exact) mass is 494 g/mol. The molecule has 0 spiro atoms. The largest absolute Gasteiger partial charge is 0.466 e. The van der Waals surface area contributed by atoms with E-state index in [9.17, 15) is 14.4 Å². The standard InChI is InChI=1S/C26H30N4O4S/c1-3-34-26(33)20-11-13-29(14-12-20)23(31)18-28(2)25(32)21-17-30(16-19-8-5-4-6-9-19)27-24(21)22-10-7-15-35-22/h4-10,15,17,20H,3,11-14,16,18H2,1-2H3. The number of rotatable bonds is 8. The second-order valence-corrected chi connectivity index (χ2v) is 9.57. The number of aromatic nitrogens is 2. The molecule has 9 heteroatoms. The lowest BCUT2D eigenvalue weighted by Crippen LogP contribution is -2.45. The molecule has 35 heavy (non-hydrogen) atoms. The Morgan fingerprint density at radius 3 is 2.51 bits per heavy atom. The fraction of sp³-hybridized carbons (Fsp3) is 0.385. The van der Waals surface area contributed by atoms with Crippen LogP contribution in [0.2, 0.25) is 0 Å². The Kier molecular flexibility index (Phi) is 7.97. The summed E-state index contributed by atoms with van der Waals surface area (Å²) < 4.78 is 6.87. The Hall–Kier alpha value is -3.46. The van der Waals surface area contributed by atoms with Crippen LogP contribution in [-0.2, 0) is 20.9 Å². The third-order valence-corrected chi connectivity index (χ3v) is 7.00. The van der Waals surface area contributed by atoms with Gasteiger partial charge in [0.1, 0.15) is 5.69 Å². The van der Waals surface area contributed by atoms with Gasteiger partial charge in [0, 0.05) is 26.3 Å². The first-order chi connectivity index (χ1) is 17.0. The molecular weight excluding hydrogens is 464 g/mol. The predicted octanol–water partition coefficient (Wildman–Crippen LogP) is 3.53. The molecule has 1 fully saturated rings. The van der Waals surface area contributed by atoms with Crippen molar-refractivity contribution in [3.8, 4) is 10.6 Å². The van der Waals surface area contributed by atoms with Gasteiger partial charge < -0.3 is 14.5 Å². The topological polar surface area (TPSA) is 84.7 Å². The first-order valence-corrected chi connectivity index (χ1v) is 12.7. The highest BCUT2D eigenvalue weighted by Gasteiger charge is 2.30. The van der Waals surface area contributed by atoms with Crippen LogP contribution < -0.4 is 0 Å². The van der Waals surface area contributed by atoms with E-state index in [4.69, 9.17) is 9.84 Å². The number of likely N-dealkylation sites (tertiary alicyclic amines) is 1. The highest BCUT2D eigenvalue weighted by molar-refractivity contribution is 7.13. The summed E-state index contributed by atoms with van der Waals surface area (Å²) in [5.74, 6) is -0.734. The summed E-state index contributed by atoms with van der Waals surface area (Å²) in [7, 11) is 1.64. The van der Waals surface area contributed by atoms with Gasteiger partial charge in [-0.15, -0.1) is 11.3 Å². The maximum Gasteiger partial charge on any atom is 0.309 e. The van der Waals surface area contributed by atoms with Gasteiger partial charge in [-0.1, -0.05) is 36.4 Å². The summed E-state index contributed by atoms with van der Waals surface area (Å²) in [6, 6.07) is 13.8. The summed E-state index contributed by atoms with van der Waals surface area (Å²) in [5, 5.41) is 6.65. The van der Waals surface area contributed by atoms with Crippen LogP contribution in [0.5, 0.6) is 0 Å². The number of carbonyl (C=O) groups excluding carboxylic acids is 3. The number of piperidine rings is 1. The van der Waals surface area contributed by atoms with Crippen LogP contribution in [0.4, 0.5) is 0 Å². The number of thiophene rings is 1. The molecule has 0 N–H and O–H groups in total. The van der Waals surface area contributed by atoms with E-state index < -0.39 is 0 Å². The van der Waals surface area contributed by atoms with E-state index in [2.05, 4.69) is 0 Å². The van der Waals surface area contributed by atoms with Gasteiger partial charge in [-0.25, -0.2) is 0 Å². The zero-order valence-electron chi connectivity index (χ0n) is 20.1. The smallest absolute Gasteiger partial charge is 0.309 e. The molecule has 0 radical (unpaired) electrons. The Labute approximate surface area is 209 Å². The number of ether oxygens (including phenoxy) is 1. The van der Waals surface area contributed by atoms with Crippen LogP contribution in [0, 0.1) is 5.92 Å². The second-order valence-electron chi connectivity index (χ2n) is 8.62. The molecular formula is C26H30N4O4S. The third-order valence-electron chi connectivity index (χ3n) is 6.12. The molecule has 1 saturated heterocycles. The molecule has 0 unspecified atom stereocenters.